The average molecular weight is 378 g/mol. The number of nitrogens with one attached hydrogen (secondary N) is 1. The molecule has 3 heterocycles. The van der Waals surface area contributed by atoms with E-state index in [1.165, 1.54) is 27.6 Å². The SMILES string of the molecule is N#Cc1c(NC(=O)[C@H]2CC(c3ccc(Cl)s3)=NO2)sc2c1CCC2. The molecule has 0 unspecified atom stereocenters. The zero-order chi connectivity index (χ0) is 16.7. The first-order valence-electron chi connectivity index (χ1n) is 7.49. The molecule has 1 amide bonds. The molecule has 1 atom stereocenters. The third kappa shape index (κ3) is 2.71. The molecule has 24 heavy (non-hydrogen) atoms. The number of rotatable bonds is 3. The Bertz CT molecular complexity index is 894. The lowest BCUT2D eigenvalue weighted by Crippen LogP contribution is -2.27. The van der Waals surface area contributed by atoms with Gasteiger partial charge < -0.3 is 10.2 Å². The number of carbonyl (C=O) groups excluding carboxylic acids is 1. The van der Waals surface area contributed by atoms with Crippen molar-refractivity contribution in [3.8, 4) is 6.07 Å². The van der Waals surface area contributed by atoms with Gasteiger partial charge in [-0.3, -0.25) is 4.79 Å². The van der Waals surface area contributed by atoms with Gasteiger partial charge in [0.2, 0.25) is 6.10 Å². The van der Waals surface area contributed by atoms with Crippen LogP contribution in [0.4, 0.5) is 5.00 Å². The number of anilines is 1. The minimum Gasteiger partial charge on any atom is -0.382 e. The standard InChI is InChI=1S/C16H12ClN3O2S2/c17-14-5-4-13(23-14)10-6-11(22-20-10)15(21)19-16-9(7-18)8-2-1-3-12(8)24-16/h4-5,11H,1-3,6H2,(H,19,21)/t11-/m1/s1. The summed E-state index contributed by atoms with van der Waals surface area (Å²) in [4.78, 5) is 19.8. The number of thiophene rings is 2. The van der Waals surface area contributed by atoms with Gasteiger partial charge in [-0.15, -0.1) is 22.7 Å². The van der Waals surface area contributed by atoms with Crippen LogP contribution in [0.15, 0.2) is 17.3 Å². The molecule has 5 nitrogen and oxygen atoms in total. The van der Waals surface area contributed by atoms with E-state index in [0.717, 1.165) is 35.4 Å². The Morgan fingerprint density at radius 3 is 3.04 bits per heavy atom. The third-order valence-corrected chi connectivity index (χ3v) is 6.58. The van der Waals surface area contributed by atoms with Gasteiger partial charge in [-0.2, -0.15) is 5.26 Å². The van der Waals surface area contributed by atoms with E-state index < -0.39 is 6.10 Å². The highest BCUT2D eigenvalue weighted by Crippen LogP contribution is 2.38. The summed E-state index contributed by atoms with van der Waals surface area (Å²) in [6.07, 6.45) is 2.70. The number of amides is 1. The Morgan fingerprint density at radius 2 is 2.29 bits per heavy atom. The molecule has 2 aliphatic rings. The van der Waals surface area contributed by atoms with Crippen molar-refractivity contribution in [2.45, 2.75) is 31.8 Å². The van der Waals surface area contributed by atoms with Gasteiger partial charge in [-0.25, -0.2) is 0 Å². The summed E-state index contributed by atoms with van der Waals surface area (Å²) >= 11 is 8.83. The van der Waals surface area contributed by atoms with E-state index in [9.17, 15) is 10.1 Å². The lowest BCUT2D eigenvalue weighted by atomic mass is 10.1. The summed E-state index contributed by atoms with van der Waals surface area (Å²) in [6.45, 7) is 0. The quantitative estimate of drug-likeness (QED) is 0.879. The summed E-state index contributed by atoms with van der Waals surface area (Å²) < 4.78 is 0.673. The van der Waals surface area contributed by atoms with Gasteiger partial charge in [0, 0.05) is 11.3 Å². The number of hydrogen-bond acceptors (Lipinski definition) is 6. The van der Waals surface area contributed by atoms with Crippen LogP contribution in [-0.4, -0.2) is 17.7 Å². The highest BCUT2D eigenvalue weighted by atomic mass is 35.5. The fourth-order valence-corrected chi connectivity index (χ4v) is 5.21. The molecule has 0 aromatic carbocycles. The molecule has 122 valence electrons. The normalized spacial score (nSPS) is 18.7. The Morgan fingerprint density at radius 1 is 1.42 bits per heavy atom. The average Bonchev–Trinajstić information content (AvgIpc) is 3.29. The Labute approximate surface area is 151 Å². The molecule has 0 saturated heterocycles. The Kier molecular flexibility index (Phi) is 4.04. The number of nitriles is 1. The van der Waals surface area contributed by atoms with Crippen LogP contribution in [0.25, 0.3) is 0 Å². The number of fused-ring (bicyclic) bond motifs is 1. The van der Waals surface area contributed by atoms with Crippen molar-refractivity contribution >= 4 is 50.9 Å². The van der Waals surface area contributed by atoms with Gasteiger partial charge >= 0.3 is 0 Å². The molecule has 2 aromatic rings. The van der Waals surface area contributed by atoms with E-state index in [2.05, 4.69) is 16.5 Å². The van der Waals surface area contributed by atoms with Crippen molar-refractivity contribution in [2.24, 2.45) is 5.16 Å². The first-order chi connectivity index (χ1) is 11.7. The minimum absolute atomic E-state index is 0.271. The van der Waals surface area contributed by atoms with Crippen molar-refractivity contribution in [3.05, 3.63) is 37.4 Å². The van der Waals surface area contributed by atoms with Gasteiger partial charge in [0.05, 0.1) is 14.8 Å². The Hall–Kier alpha value is -1.88. The molecule has 0 fully saturated rings. The summed E-state index contributed by atoms with van der Waals surface area (Å²) in [5.74, 6) is -0.271. The maximum atomic E-state index is 12.5. The molecule has 0 bridgehead atoms. The highest BCUT2D eigenvalue weighted by Gasteiger charge is 2.31. The fraction of sp³-hybridized carbons (Fsp3) is 0.312. The molecule has 1 aliphatic heterocycles. The Balaban J connectivity index is 1.46. The number of carbonyl (C=O) groups is 1. The van der Waals surface area contributed by atoms with Gasteiger partial charge in [0.25, 0.3) is 5.91 Å². The van der Waals surface area contributed by atoms with Crippen molar-refractivity contribution in [1.82, 2.24) is 0 Å². The van der Waals surface area contributed by atoms with Gasteiger partial charge in [-0.05, 0) is 37.0 Å². The summed E-state index contributed by atoms with van der Waals surface area (Å²) in [6, 6.07) is 5.89. The van der Waals surface area contributed by atoms with E-state index in [4.69, 9.17) is 16.4 Å². The van der Waals surface area contributed by atoms with Crippen molar-refractivity contribution in [1.29, 1.82) is 5.26 Å². The van der Waals surface area contributed by atoms with Crippen LogP contribution in [0.2, 0.25) is 4.34 Å². The molecule has 4 rings (SSSR count). The molecule has 1 N–H and O–H groups in total. The minimum atomic E-state index is -0.677. The number of oxime groups is 1. The summed E-state index contributed by atoms with van der Waals surface area (Å²) in [5.41, 5.74) is 2.42. The second kappa shape index (κ2) is 6.20. The maximum Gasteiger partial charge on any atom is 0.269 e. The smallest absolute Gasteiger partial charge is 0.269 e. The topological polar surface area (TPSA) is 74.5 Å². The van der Waals surface area contributed by atoms with E-state index in [1.807, 2.05) is 6.07 Å². The zero-order valence-electron chi connectivity index (χ0n) is 12.5. The number of hydrogen-bond donors (Lipinski definition) is 1. The third-order valence-electron chi connectivity index (χ3n) is 4.09. The van der Waals surface area contributed by atoms with Crippen LogP contribution in [0, 0.1) is 11.3 Å². The van der Waals surface area contributed by atoms with Crippen LogP contribution in [0.3, 0.4) is 0 Å². The first-order valence-corrected chi connectivity index (χ1v) is 9.50. The molecule has 0 saturated carbocycles. The van der Waals surface area contributed by atoms with E-state index in [1.54, 1.807) is 6.07 Å². The van der Waals surface area contributed by atoms with Crippen molar-refractivity contribution in [3.63, 3.8) is 0 Å². The summed E-state index contributed by atoms with van der Waals surface area (Å²) in [5, 5.41) is 16.9. The van der Waals surface area contributed by atoms with Gasteiger partial charge in [-0.1, -0.05) is 16.8 Å². The van der Waals surface area contributed by atoms with Crippen LogP contribution in [-0.2, 0) is 22.5 Å². The maximum absolute atomic E-state index is 12.5. The fourth-order valence-electron chi connectivity index (χ4n) is 2.94. The molecular weight excluding hydrogens is 366 g/mol. The molecule has 1 aliphatic carbocycles. The van der Waals surface area contributed by atoms with E-state index in [-0.39, 0.29) is 5.91 Å². The highest BCUT2D eigenvalue weighted by molar-refractivity contribution is 7.18. The van der Waals surface area contributed by atoms with Crippen LogP contribution in [0.1, 0.15) is 33.7 Å². The predicted octanol–water partition coefficient (Wildman–Crippen LogP) is 3.96. The van der Waals surface area contributed by atoms with E-state index in [0.29, 0.717) is 21.3 Å². The van der Waals surface area contributed by atoms with Crippen LogP contribution < -0.4 is 5.32 Å². The largest absolute Gasteiger partial charge is 0.382 e. The van der Waals surface area contributed by atoms with E-state index >= 15 is 0 Å². The molecule has 8 heteroatoms. The van der Waals surface area contributed by atoms with Crippen molar-refractivity contribution < 1.29 is 9.63 Å². The van der Waals surface area contributed by atoms with Crippen molar-refractivity contribution in [2.75, 3.05) is 5.32 Å². The first kappa shape index (κ1) is 15.6. The van der Waals surface area contributed by atoms with Crippen LogP contribution in [0.5, 0.6) is 0 Å². The number of halogens is 1. The number of aryl methyl sites for hydroxylation is 1. The molecule has 0 spiro atoms. The lowest BCUT2D eigenvalue weighted by Gasteiger charge is -2.08. The monoisotopic (exact) mass is 377 g/mol. The van der Waals surface area contributed by atoms with Crippen LogP contribution >= 0.6 is 34.3 Å². The zero-order valence-corrected chi connectivity index (χ0v) is 14.9. The molecular formula is C16H12ClN3O2S2. The molecule has 0 radical (unpaired) electrons. The van der Waals surface area contributed by atoms with Gasteiger partial charge in [0.15, 0.2) is 0 Å². The van der Waals surface area contributed by atoms with Gasteiger partial charge in [0.1, 0.15) is 16.8 Å². The second-order valence-electron chi connectivity index (χ2n) is 5.60. The number of nitrogens with zero attached hydrogens (tertiary/aromatic N) is 2. The second-order valence-corrected chi connectivity index (χ2v) is 8.42. The summed E-state index contributed by atoms with van der Waals surface area (Å²) in [7, 11) is 0. The predicted molar refractivity (Wildman–Crippen MR) is 95.0 cm³/mol. The lowest BCUT2D eigenvalue weighted by molar-refractivity contribution is -0.125. The molecule has 2 aromatic heterocycles.